The van der Waals surface area contributed by atoms with Gasteiger partial charge in [-0.25, -0.2) is 32.5 Å². The number of pyridine rings is 1. The van der Waals surface area contributed by atoms with Crippen molar-refractivity contribution in [2.75, 3.05) is 30.5 Å². The van der Waals surface area contributed by atoms with Crippen molar-refractivity contribution in [3.05, 3.63) is 49.9 Å². The summed E-state index contributed by atoms with van der Waals surface area (Å²) in [5.74, 6) is 1.21. The van der Waals surface area contributed by atoms with E-state index in [9.17, 15) is 12.6 Å². The number of sulfonamides is 1. The number of hydrogen-bond donors (Lipinski definition) is 1. The molecule has 1 atom stereocenters. The number of rotatable bonds is 6. The Kier molecular flexibility index (Phi) is 7.25. The van der Waals surface area contributed by atoms with Crippen molar-refractivity contribution in [3.8, 4) is 11.5 Å². The second-order valence-electron chi connectivity index (χ2n) is 8.90. The third-order valence-corrected chi connectivity index (χ3v) is 7.99. The van der Waals surface area contributed by atoms with Gasteiger partial charge >= 0.3 is 0 Å². The molecule has 0 bridgehead atoms. The number of hydrogen-bond acceptors (Lipinski definition) is 8. The third-order valence-electron chi connectivity index (χ3n) is 5.68. The second kappa shape index (κ2) is 10.0. The molecule has 1 N–H and O–H groups in total. The van der Waals surface area contributed by atoms with Gasteiger partial charge in [-0.05, 0) is 43.9 Å². The lowest BCUT2D eigenvalue weighted by molar-refractivity contribution is 0.506. The number of nitrogens with zero attached hydrogens (tertiary/aromatic N) is 6. The van der Waals surface area contributed by atoms with E-state index in [0.29, 0.717) is 23.7 Å². The van der Waals surface area contributed by atoms with Crippen LogP contribution in [-0.2, 0) is 19.8 Å². The summed E-state index contributed by atoms with van der Waals surface area (Å²) in [5, 5.41) is 0. The Balaban J connectivity index is 0.00000117. The van der Waals surface area contributed by atoms with Crippen molar-refractivity contribution in [2.24, 2.45) is 4.36 Å². The van der Waals surface area contributed by atoms with Crippen LogP contribution in [0.1, 0.15) is 27.1 Å². The van der Waals surface area contributed by atoms with Crippen LogP contribution in [0.15, 0.2) is 59.2 Å². The number of fused-ring (bicyclic) bond motifs is 1. The highest BCUT2D eigenvalue weighted by molar-refractivity contribution is 7.92. The maximum Gasteiger partial charge on any atom is 0.242 e. The Morgan fingerprint density at radius 3 is 2.60 bits per heavy atom. The van der Waals surface area contributed by atoms with Crippen LogP contribution in [-0.4, -0.2) is 69.7 Å². The van der Waals surface area contributed by atoms with E-state index < -0.39 is 19.8 Å². The summed E-state index contributed by atoms with van der Waals surface area (Å²) in [5.41, 5.74) is 1.22. The van der Waals surface area contributed by atoms with Gasteiger partial charge in [0.2, 0.25) is 10.0 Å². The van der Waals surface area contributed by atoms with Crippen LogP contribution in [0.2, 0.25) is 0 Å². The zero-order valence-electron chi connectivity index (χ0n) is 20.0. The lowest BCUT2D eigenvalue weighted by Gasteiger charge is -2.31. The first-order valence-electron chi connectivity index (χ1n) is 11.4. The highest BCUT2D eigenvalue weighted by Crippen LogP contribution is 2.26. The Morgan fingerprint density at radius 2 is 1.89 bits per heavy atom. The summed E-state index contributed by atoms with van der Waals surface area (Å²) in [4.78, 5) is 15.9. The number of piperidine rings is 1. The monoisotopic (exact) mass is 519 g/mol. The van der Waals surface area contributed by atoms with Gasteiger partial charge in [0.1, 0.15) is 17.2 Å². The molecule has 0 spiro atoms. The van der Waals surface area contributed by atoms with E-state index >= 15 is 0 Å². The molecule has 2 aliphatic rings. The number of nitrogens with one attached hydrogen (secondary N) is 1. The maximum atomic E-state index is 12.7. The van der Waals surface area contributed by atoms with Gasteiger partial charge in [0, 0.05) is 55.2 Å². The molecular weight excluding hydrogens is 486 g/mol. The van der Waals surface area contributed by atoms with Gasteiger partial charge < -0.3 is 4.90 Å². The molecule has 1 saturated carbocycles. The van der Waals surface area contributed by atoms with Crippen LogP contribution in [0.25, 0.3) is 17.2 Å². The summed E-state index contributed by atoms with van der Waals surface area (Å²) >= 11 is 0. The standard InChI is InChI=1S/C21H27N7O3S2.C2H4.H2/c1-32(2,29)25-16-4-3-11-27(13-16)20-9-10-22-21(24-20)18-12-23-19-8-7-17(14-28(18)19)33(30,31)26-15-5-6-15;1-2;/h7-10,12,14-16,26H,3-6,11,13H2,1-2H3;1-2H2;1H/t16-;;/m1../s1. The van der Waals surface area contributed by atoms with E-state index in [2.05, 4.69) is 37.1 Å². The molecular formula is C23H33N7O3S2. The van der Waals surface area contributed by atoms with Crippen molar-refractivity contribution in [2.45, 2.75) is 42.7 Å². The van der Waals surface area contributed by atoms with Gasteiger partial charge in [0.05, 0.1) is 17.1 Å². The van der Waals surface area contributed by atoms with Crippen LogP contribution >= 0.6 is 0 Å². The molecule has 12 heteroatoms. The number of anilines is 1. The Bertz CT molecular complexity index is 1440. The zero-order valence-corrected chi connectivity index (χ0v) is 21.6. The average Bonchev–Trinajstić information content (AvgIpc) is 3.53. The fourth-order valence-electron chi connectivity index (χ4n) is 4.03. The van der Waals surface area contributed by atoms with Gasteiger partial charge in [-0.3, -0.25) is 8.61 Å². The van der Waals surface area contributed by atoms with E-state index in [1.807, 2.05) is 6.07 Å². The summed E-state index contributed by atoms with van der Waals surface area (Å²) in [6.45, 7) is 7.48. The predicted octanol–water partition coefficient (Wildman–Crippen LogP) is 2.98. The van der Waals surface area contributed by atoms with Crippen molar-refractivity contribution >= 4 is 31.2 Å². The summed E-state index contributed by atoms with van der Waals surface area (Å²) in [7, 11) is -5.76. The fourth-order valence-corrected chi connectivity index (χ4v) is 6.22. The maximum absolute atomic E-state index is 12.7. The van der Waals surface area contributed by atoms with Crippen LogP contribution in [0.3, 0.4) is 0 Å². The number of aromatic nitrogens is 4. The van der Waals surface area contributed by atoms with Crippen molar-refractivity contribution in [1.82, 2.24) is 24.1 Å². The minimum absolute atomic E-state index is 0. The van der Waals surface area contributed by atoms with E-state index in [1.54, 1.807) is 47.6 Å². The summed E-state index contributed by atoms with van der Waals surface area (Å²) in [6.07, 6.45) is 11.8. The largest absolute Gasteiger partial charge is 0.354 e. The Labute approximate surface area is 208 Å². The first kappa shape index (κ1) is 25.3. The molecule has 5 rings (SSSR count). The van der Waals surface area contributed by atoms with E-state index in [-0.39, 0.29) is 18.4 Å². The first-order valence-corrected chi connectivity index (χ1v) is 15.2. The molecule has 0 aromatic carbocycles. The van der Waals surface area contributed by atoms with Crippen molar-refractivity contribution < 1.29 is 14.1 Å². The van der Waals surface area contributed by atoms with E-state index in [1.165, 1.54) is 0 Å². The lowest BCUT2D eigenvalue weighted by atomic mass is 10.1. The quantitative estimate of drug-likeness (QED) is 0.497. The van der Waals surface area contributed by atoms with Crippen LogP contribution in [0.4, 0.5) is 5.82 Å². The van der Waals surface area contributed by atoms with Gasteiger partial charge in [-0.1, -0.05) is 0 Å². The molecule has 1 saturated heterocycles. The van der Waals surface area contributed by atoms with E-state index in [0.717, 1.165) is 38.0 Å². The summed E-state index contributed by atoms with van der Waals surface area (Å²) < 4.78 is 46.4. The molecule has 0 radical (unpaired) electrons. The van der Waals surface area contributed by atoms with Gasteiger partial charge in [0.15, 0.2) is 5.82 Å². The van der Waals surface area contributed by atoms with E-state index in [4.69, 9.17) is 4.98 Å². The molecule has 0 amide bonds. The highest BCUT2D eigenvalue weighted by atomic mass is 32.2. The third kappa shape index (κ3) is 6.06. The normalized spacial score (nSPS) is 18.7. The van der Waals surface area contributed by atoms with Crippen LogP contribution < -0.4 is 9.62 Å². The first-order chi connectivity index (χ1) is 16.7. The van der Waals surface area contributed by atoms with Crippen LogP contribution in [0, 0.1) is 0 Å². The molecule has 190 valence electrons. The molecule has 1 aliphatic heterocycles. The smallest absolute Gasteiger partial charge is 0.242 e. The Morgan fingerprint density at radius 1 is 1.11 bits per heavy atom. The molecule has 4 heterocycles. The van der Waals surface area contributed by atoms with Crippen molar-refractivity contribution in [3.63, 3.8) is 0 Å². The molecule has 0 unspecified atom stereocenters. The minimum atomic E-state index is -3.59. The highest BCUT2D eigenvalue weighted by Gasteiger charge is 2.28. The predicted molar refractivity (Wildman–Crippen MR) is 141 cm³/mol. The molecule has 10 nitrogen and oxygen atoms in total. The minimum Gasteiger partial charge on any atom is -0.354 e. The van der Waals surface area contributed by atoms with Gasteiger partial charge in [-0.2, -0.15) is 0 Å². The zero-order chi connectivity index (χ0) is 25.2. The number of imidazole rings is 1. The second-order valence-corrected chi connectivity index (χ2v) is 13.2. The Hall–Kier alpha value is -2.83. The summed E-state index contributed by atoms with van der Waals surface area (Å²) in [6, 6.07) is 5.12. The SMILES string of the molecule is C=C.CS(C)(=O)=N[C@@H]1CCCN(c2ccnc(-c3cnc4ccc(S(=O)(=O)NC5CC5)cn34)n2)C1.[HH]. The fraction of sp³-hybridized carbons (Fsp3) is 0.435. The molecule has 1 aliphatic carbocycles. The van der Waals surface area contributed by atoms with Crippen LogP contribution in [0.5, 0.6) is 0 Å². The van der Waals surface area contributed by atoms with Crippen molar-refractivity contribution in [1.29, 1.82) is 0 Å². The average molecular weight is 520 g/mol. The molecule has 35 heavy (non-hydrogen) atoms. The lowest BCUT2D eigenvalue weighted by Crippen LogP contribution is -2.38. The van der Waals surface area contributed by atoms with Gasteiger partial charge in [-0.15, -0.1) is 13.2 Å². The van der Waals surface area contributed by atoms with Gasteiger partial charge in [0.25, 0.3) is 0 Å². The molecule has 3 aromatic rings. The molecule has 3 aromatic heterocycles. The topological polar surface area (TPSA) is 122 Å². The molecule has 2 fully saturated rings.